The van der Waals surface area contributed by atoms with Gasteiger partial charge in [-0.3, -0.25) is 9.69 Å². The van der Waals surface area contributed by atoms with Crippen LogP contribution >= 0.6 is 0 Å². The Morgan fingerprint density at radius 3 is 2.73 bits per heavy atom. The fourth-order valence-electron chi connectivity index (χ4n) is 2.94. The summed E-state index contributed by atoms with van der Waals surface area (Å²) in [5.41, 5.74) is 0. The van der Waals surface area contributed by atoms with E-state index in [9.17, 15) is 4.79 Å². The number of piperazine rings is 1. The fourth-order valence-corrected chi connectivity index (χ4v) is 2.94. The van der Waals surface area contributed by atoms with Crippen LogP contribution in [0.2, 0.25) is 0 Å². The van der Waals surface area contributed by atoms with Gasteiger partial charge in [0, 0.05) is 52.2 Å². The van der Waals surface area contributed by atoms with Crippen molar-refractivity contribution in [3.05, 3.63) is 42.1 Å². The Balaban J connectivity index is 1.32. The van der Waals surface area contributed by atoms with Crippen molar-refractivity contribution in [1.29, 1.82) is 0 Å². The van der Waals surface area contributed by atoms with E-state index in [1.54, 1.807) is 31.6 Å². The SMILES string of the molecule is COCc1ccc(C(=O)NCCCN2CCN(c3ncccn3)CC2)o1. The Bertz CT molecular complexity index is 683. The maximum atomic E-state index is 12.0. The number of carbonyl (C=O) groups excluding carboxylic acids is 1. The first-order valence-electron chi connectivity index (χ1n) is 8.86. The van der Waals surface area contributed by atoms with Crippen molar-refractivity contribution in [3.8, 4) is 0 Å². The number of furan rings is 1. The molecule has 0 unspecified atom stereocenters. The monoisotopic (exact) mass is 359 g/mol. The van der Waals surface area contributed by atoms with Gasteiger partial charge >= 0.3 is 0 Å². The number of rotatable bonds is 8. The lowest BCUT2D eigenvalue weighted by atomic mass is 10.3. The molecular formula is C18H25N5O3. The Hall–Kier alpha value is -2.45. The molecule has 0 spiro atoms. The quantitative estimate of drug-likeness (QED) is 0.708. The second kappa shape index (κ2) is 9.30. The highest BCUT2D eigenvalue weighted by Crippen LogP contribution is 2.10. The third-order valence-corrected chi connectivity index (χ3v) is 4.32. The average molecular weight is 359 g/mol. The van der Waals surface area contributed by atoms with Crippen molar-refractivity contribution in [2.45, 2.75) is 13.0 Å². The lowest BCUT2D eigenvalue weighted by Crippen LogP contribution is -2.47. The summed E-state index contributed by atoms with van der Waals surface area (Å²) < 4.78 is 10.4. The number of aromatic nitrogens is 2. The van der Waals surface area contributed by atoms with Gasteiger partial charge in [-0.15, -0.1) is 0 Å². The van der Waals surface area contributed by atoms with Crippen LogP contribution in [0.4, 0.5) is 5.95 Å². The first-order valence-corrected chi connectivity index (χ1v) is 8.86. The molecule has 0 aliphatic carbocycles. The normalized spacial score (nSPS) is 15.2. The molecule has 8 heteroatoms. The lowest BCUT2D eigenvalue weighted by Gasteiger charge is -2.34. The minimum absolute atomic E-state index is 0.182. The van der Waals surface area contributed by atoms with E-state index in [1.807, 2.05) is 6.07 Å². The zero-order chi connectivity index (χ0) is 18.2. The molecule has 1 aliphatic heterocycles. The summed E-state index contributed by atoms with van der Waals surface area (Å²) >= 11 is 0. The summed E-state index contributed by atoms with van der Waals surface area (Å²) in [7, 11) is 1.59. The summed E-state index contributed by atoms with van der Waals surface area (Å²) in [6.45, 7) is 5.75. The van der Waals surface area contributed by atoms with Crippen molar-refractivity contribution in [1.82, 2.24) is 20.2 Å². The van der Waals surface area contributed by atoms with E-state index in [0.29, 0.717) is 24.7 Å². The number of anilines is 1. The van der Waals surface area contributed by atoms with E-state index in [2.05, 4.69) is 25.1 Å². The zero-order valence-corrected chi connectivity index (χ0v) is 15.1. The number of carbonyl (C=O) groups is 1. The molecule has 0 saturated carbocycles. The minimum atomic E-state index is -0.182. The number of hydrogen-bond acceptors (Lipinski definition) is 7. The largest absolute Gasteiger partial charge is 0.453 e. The fraction of sp³-hybridized carbons (Fsp3) is 0.500. The summed E-state index contributed by atoms with van der Waals surface area (Å²) in [5, 5.41) is 2.90. The molecule has 3 rings (SSSR count). The van der Waals surface area contributed by atoms with E-state index in [0.717, 1.165) is 45.1 Å². The van der Waals surface area contributed by atoms with Crippen LogP contribution in [0.1, 0.15) is 22.7 Å². The van der Waals surface area contributed by atoms with Gasteiger partial charge in [-0.05, 0) is 31.2 Å². The number of nitrogens with one attached hydrogen (secondary N) is 1. The molecule has 1 fully saturated rings. The average Bonchev–Trinajstić information content (AvgIpc) is 3.15. The number of nitrogens with zero attached hydrogens (tertiary/aromatic N) is 4. The minimum Gasteiger partial charge on any atom is -0.453 e. The van der Waals surface area contributed by atoms with Crippen molar-refractivity contribution >= 4 is 11.9 Å². The zero-order valence-electron chi connectivity index (χ0n) is 15.1. The molecule has 1 saturated heterocycles. The highest BCUT2D eigenvalue weighted by atomic mass is 16.5. The van der Waals surface area contributed by atoms with E-state index in [-0.39, 0.29) is 5.91 Å². The summed E-state index contributed by atoms with van der Waals surface area (Å²) in [4.78, 5) is 25.2. The molecule has 8 nitrogen and oxygen atoms in total. The van der Waals surface area contributed by atoms with Gasteiger partial charge in [0.2, 0.25) is 5.95 Å². The molecular weight excluding hydrogens is 334 g/mol. The number of methoxy groups -OCH3 is 1. The first kappa shape index (κ1) is 18.3. The highest BCUT2D eigenvalue weighted by molar-refractivity contribution is 5.91. The molecule has 1 aliphatic rings. The molecule has 26 heavy (non-hydrogen) atoms. The maximum absolute atomic E-state index is 12.0. The summed E-state index contributed by atoms with van der Waals surface area (Å²) in [6.07, 6.45) is 4.45. The maximum Gasteiger partial charge on any atom is 0.286 e. The topological polar surface area (TPSA) is 83.7 Å². The molecule has 1 N–H and O–H groups in total. The van der Waals surface area contributed by atoms with Gasteiger partial charge < -0.3 is 19.4 Å². The number of hydrogen-bond donors (Lipinski definition) is 1. The van der Waals surface area contributed by atoms with Crippen LogP contribution < -0.4 is 10.2 Å². The predicted molar refractivity (Wildman–Crippen MR) is 97.1 cm³/mol. The van der Waals surface area contributed by atoms with Crippen LogP contribution in [-0.4, -0.2) is 67.2 Å². The molecule has 0 radical (unpaired) electrons. The molecule has 3 heterocycles. The Morgan fingerprint density at radius 1 is 1.23 bits per heavy atom. The molecule has 0 aromatic carbocycles. The third kappa shape index (κ3) is 5.03. The Morgan fingerprint density at radius 2 is 2.00 bits per heavy atom. The van der Waals surface area contributed by atoms with Crippen molar-refractivity contribution < 1.29 is 13.9 Å². The Kier molecular flexibility index (Phi) is 6.56. The number of ether oxygens (including phenoxy) is 1. The van der Waals surface area contributed by atoms with Crippen LogP contribution in [0.25, 0.3) is 0 Å². The smallest absolute Gasteiger partial charge is 0.286 e. The van der Waals surface area contributed by atoms with Gasteiger partial charge in [0.15, 0.2) is 5.76 Å². The predicted octanol–water partition coefficient (Wildman–Crippen LogP) is 1.16. The summed E-state index contributed by atoms with van der Waals surface area (Å²) in [6, 6.07) is 5.26. The van der Waals surface area contributed by atoms with Crippen LogP contribution in [-0.2, 0) is 11.3 Å². The second-order valence-electron chi connectivity index (χ2n) is 6.19. The Labute approximate surface area is 153 Å². The molecule has 0 bridgehead atoms. The van der Waals surface area contributed by atoms with E-state index in [1.165, 1.54) is 0 Å². The molecule has 0 atom stereocenters. The van der Waals surface area contributed by atoms with Crippen LogP contribution in [0, 0.1) is 0 Å². The van der Waals surface area contributed by atoms with Gasteiger partial charge in [-0.2, -0.15) is 0 Å². The summed E-state index contributed by atoms with van der Waals surface area (Å²) in [5.74, 6) is 1.59. The molecule has 1 amide bonds. The molecule has 2 aromatic heterocycles. The molecule has 140 valence electrons. The van der Waals surface area contributed by atoms with Crippen molar-refractivity contribution in [3.63, 3.8) is 0 Å². The number of amides is 1. The van der Waals surface area contributed by atoms with Gasteiger partial charge in [0.1, 0.15) is 12.4 Å². The third-order valence-electron chi connectivity index (χ3n) is 4.32. The van der Waals surface area contributed by atoms with Gasteiger partial charge in [-0.25, -0.2) is 9.97 Å². The van der Waals surface area contributed by atoms with Gasteiger partial charge in [0.05, 0.1) is 0 Å². The first-order chi connectivity index (χ1) is 12.8. The van der Waals surface area contributed by atoms with Crippen LogP contribution in [0.5, 0.6) is 0 Å². The standard InChI is InChI=1S/C18H25N5O3/c1-25-14-15-4-5-16(26-15)17(24)19-8-3-9-22-10-12-23(13-11-22)18-20-6-2-7-21-18/h2,4-7H,3,8-14H2,1H3,(H,19,24). The van der Waals surface area contributed by atoms with E-state index >= 15 is 0 Å². The highest BCUT2D eigenvalue weighted by Gasteiger charge is 2.18. The van der Waals surface area contributed by atoms with Gasteiger partial charge in [0.25, 0.3) is 5.91 Å². The van der Waals surface area contributed by atoms with Gasteiger partial charge in [-0.1, -0.05) is 0 Å². The van der Waals surface area contributed by atoms with E-state index in [4.69, 9.17) is 9.15 Å². The van der Waals surface area contributed by atoms with E-state index < -0.39 is 0 Å². The van der Waals surface area contributed by atoms with Crippen LogP contribution in [0.15, 0.2) is 35.0 Å². The van der Waals surface area contributed by atoms with Crippen LogP contribution in [0.3, 0.4) is 0 Å². The van der Waals surface area contributed by atoms with Crippen molar-refractivity contribution in [2.75, 3.05) is 51.3 Å². The lowest BCUT2D eigenvalue weighted by molar-refractivity contribution is 0.0915. The molecule has 2 aromatic rings. The second-order valence-corrected chi connectivity index (χ2v) is 6.19. The van der Waals surface area contributed by atoms with Crippen molar-refractivity contribution in [2.24, 2.45) is 0 Å².